The first kappa shape index (κ1) is 25.4. The first-order valence-electron chi connectivity index (χ1n) is 10.6. The van der Waals surface area contributed by atoms with E-state index in [-0.39, 0.29) is 32.7 Å². The summed E-state index contributed by atoms with van der Waals surface area (Å²) in [5, 5.41) is 46.4. The van der Waals surface area contributed by atoms with E-state index in [1.54, 1.807) is 0 Å². The molecule has 0 aliphatic heterocycles. The number of hydrogen-bond acceptors (Lipinski definition) is 11. The van der Waals surface area contributed by atoms with Crippen LogP contribution in [0.15, 0.2) is 60.7 Å². The number of nitrogens with zero attached hydrogens (tertiary/aromatic N) is 4. The van der Waals surface area contributed by atoms with Crippen molar-refractivity contribution in [2.45, 2.75) is 13.2 Å². The van der Waals surface area contributed by atoms with Crippen molar-refractivity contribution < 1.29 is 34.0 Å². The second-order valence-corrected chi connectivity index (χ2v) is 7.73. The zero-order valence-corrected chi connectivity index (χ0v) is 19.0. The molecular formula is C23H14N4O11. The lowest BCUT2D eigenvalue weighted by atomic mass is 10.0. The highest BCUT2D eigenvalue weighted by molar-refractivity contribution is 5.97. The van der Waals surface area contributed by atoms with Crippen LogP contribution in [0, 0.1) is 40.5 Å². The van der Waals surface area contributed by atoms with Crippen LogP contribution in [0.1, 0.15) is 11.1 Å². The molecule has 0 aromatic heterocycles. The predicted molar refractivity (Wildman–Crippen MR) is 129 cm³/mol. The van der Waals surface area contributed by atoms with Crippen molar-refractivity contribution in [1.82, 2.24) is 0 Å². The molecule has 192 valence electrons. The SMILES string of the molecule is O=C(OCc1c([N+](=O)[O-])cc([N+](=O)[O-])c2ccccc12)OCc1c([N+](=O)[O-])cc([N+](=O)[O-])c2ccccc12. The highest BCUT2D eigenvalue weighted by atomic mass is 16.7. The number of fused-ring (bicyclic) bond motifs is 2. The molecule has 4 aromatic rings. The molecule has 0 atom stereocenters. The molecule has 0 aliphatic rings. The summed E-state index contributed by atoms with van der Waals surface area (Å²) in [6.45, 7) is -1.40. The van der Waals surface area contributed by atoms with Gasteiger partial charge >= 0.3 is 6.16 Å². The second kappa shape index (κ2) is 10.1. The Bertz CT molecular complexity index is 1550. The van der Waals surface area contributed by atoms with E-state index in [1.807, 2.05) is 0 Å². The van der Waals surface area contributed by atoms with Crippen molar-refractivity contribution in [3.05, 3.63) is 112 Å². The molecular weight excluding hydrogens is 508 g/mol. The standard InChI is InChI=1S/C23H14N4O11/c28-23(37-11-17-13-5-1-3-7-15(13)19(24(29)30)9-21(17)26(33)34)38-12-18-14-6-2-4-8-16(14)20(25(31)32)10-22(18)27(35)36/h1-10H,11-12H2. The van der Waals surface area contributed by atoms with Gasteiger partial charge in [-0.15, -0.1) is 0 Å². The Balaban J connectivity index is 1.63. The number of carbonyl (C=O) groups is 1. The molecule has 0 amide bonds. The van der Waals surface area contributed by atoms with Crippen molar-refractivity contribution >= 4 is 50.4 Å². The van der Waals surface area contributed by atoms with E-state index in [2.05, 4.69) is 0 Å². The zero-order chi connectivity index (χ0) is 27.6. The summed E-state index contributed by atoms with van der Waals surface area (Å²) in [4.78, 5) is 55.1. The molecule has 15 nitrogen and oxygen atoms in total. The lowest BCUT2D eigenvalue weighted by molar-refractivity contribution is -0.393. The van der Waals surface area contributed by atoms with Gasteiger partial charge in [0, 0.05) is 10.8 Å². The Morgan fingerprint density at radius 2 is 0.868 bits per heavy atom. The molecule has 38 heavy (non-hydrogen) atoms. The molecule has 0 saturated heterocycles. The molecule has 0 fully saturated rings. The minimum atomic E-state index is -1.35. The minimum absolute atomic E-state index is 0.0861. The van der Waals surface area contributed by atoms with Crippen molar-refractivity contribution in [3.8, 4) is 0 Å². The molecule has 0 unspecified atom stereocenters. The van der Waals surface area contributed by atoms with E-state index >= 15 is 0 Å². The van der Waals surface area contributed by atoms with Crippen molar-refractivity contribution in [3.63, 3.8) is 0 Å². The Morgan fingerprint density at radius 3 is 1.18 bits per heavy atom. The van der Waals surface area contributed by atoms with Gasteiger partial charge in [-0.25, -0.2) is 4.79 Å². The van der Waals surface area contributed by atoms with E-state index in [9.17, 15) is 45.3 Å². The van der Waals surface area contributed by atoms with Crippen LogP contribution in [-0.2, 0) is 22.7 Å². The summed E-state index contributed by atoms with van der Waals surface area (Å²) in [6, 6.07) is 13.1. The highest BCUT2D eigenvalue weighted by Crippen LogP contribution is 2.37. The largest absolute Gasteiger partial charge is 0.508 e. The quantitative estimate of drug-likeness (QED) is 0.161. The minimum Gasteiger partial charge on any atom is -0.429 e. The maximum atomic E-state index is 12.4. The van der Waals surface area contributed by atoms with Gasteiger partial charge in [-0.1, -0.05) is 36.4 Å². The molecule has 0 aliphatic carbocycles. The fraction of sp³-hybridized carbons (Fsp3) is 0.0870. The fourth-order valence-electron chi connectivity index (χ4n) is 4.04. The number of non-ortho nitro benzene ring substituents is 2. The average Bonchev–Trinajstić information content (AvgIpc) is 2.89. The Hall–Kier alpha value is -5.73. The molecule has 0 N–H and O–H groups in total. The molecule has 15 heteroatoms. The van der Waals surface area contributed by atoms with Crippen LogP contribution >= 0.6 is 0 Å². The van der Waals surface area contributed by atoms with Gasteiger partial charge in [0.25, 0.3) is 22.7 Å². The summed E-state index contributed by atoms with van der Waals surface area (Å²) >= 11 is 0. The predicted octanol–water partition coefficient (Wildman–Crippen LogP) is 5.48. The number of hydrogen-bond donors (Lipinski definition) is 0. The van der Waals surface area contributed by atoms with Crippen LogP contribution in [0.2, 0.25) is 0 Å². The number of ether oxygens (including phenoxy) is 2. The second-order valence-electron chi connectivity index (χ2n) is 7.73. The van der Waals surface area contributed by atoms with Crippen LogP contribution in [0.25, 0.3) is 21.5 Å². The van der Waals surface area contributed by atoms with Gasteiger partial charge in [0.2, 0.25) is 0 Å². The van der Waals surface area contributed by atoms with Gasteiger partial charge in [-0.05, 0) is 12.1 Å². The smallest absolute Gasteiger partial charge is 0.429 e. The monoisotopic (exact) mass is 522 g/mol. The van der Waals surface area contributed by atoms with Gasteiger partial charge in [0.05, 0.1) is 53.7 Å². The normalized spacial score (nSPS) is 10.7. The van der Waals surface area contributed by atoms with Gasteiger partial charge in [0.15, 0.2) is 0 Å². The van der Waals surface area contributed by atoms with E-state index in [4.69, 9.17) is 9.47 Å². The summed E-state index contributed by atoms with van der Waals surface area (Å²) in [5.74, 6) is 0. The molecule has 0 spiro atoms. The van der Waals surface area contributed by atoms with Crippen LogP contribution in [0.3, 0.4) is 0 Å². The number of benzene rings is 4. The number of rotatable bonds is 8. The molecule has 0 saturated carbocycles. The van der Waals surface area contributed by atoms with Crippen LogP contribution in [0.4, 0.5) is 27.5 Å². The van der Waals surface area contributed by atoms with Crippen LogP contribution in [-0.4, -0.2) is 25.8 Å². The summed E-state index contributed by atoms with van der Waals surface area (Å²) in [5.41, 5.74) is -2.56. The lowest BCUT2D eigenvalue weighted by Crippen LogP contribution is -2.10. The van der Waals surface area contributed by atoms with Gasteiger partial charge in [-0.3, -0.25) is 40.5 Å². The van der Waals surface area contributed by atoms with Gasteiger partial charge in [0.1, 0.15) is 13.2 Å². The third-order valence-electron chi connectivity index (χ3n) is 5.68. The number of nitro benzene ring substituents is 4. The topological polar surface area (TPSA) is 208 Å². The first-order chi connectivity index (χ1) is 18.1. The highest BCUT2D eigenvalue weighted by Gasteiger charge is 2.28. The van der Waals surface area contributed by atoms with Crippen LogP contribution < -0.4 is 0 Å². The molecule has 4 aromatic carbocycles. The Morgan fingerprint density at radius 1 is 0.553 bits per heavy atom. The van der Waals surface area contributed by atoms with Crippen molar-refractivity contribution in [2.75, 3.05) is 0 Å². The van der Waals surface area contributed by atoms with E-state index < -0.39 is 61.8 Å². The summed E-state index contributed by atoms with van der Waals surface area (Å²) in [7, 11) is 0. The number of nitro groups is 4. The fourth-order valence-corrected chi connectivity index (χ4v) is 4.04. The molecule has 4 rings (SSSR count). The molecule has 0 bridgehead atoms. The van der Waals surface area contributed by atoms with E-state index in [1.165, 1.54) is 48.5 Å². The summed E-state index contributed by atoms with van der Waals surface area (Å²) < 4.78 is 10.0. The van der Waals surface area contributed by atoms with Crippen LogP contribution in [0.5, 0.6) is 0 Å². The molecule has 0 radical (unpaired) electrons. The van der Waals surface area contributed by atoms with Crippen molar-refractivity contribution in [2.24, 2.45) is 0 Å². The van der Waals surface area contributed by atoms with Crippen molar-refractivity contribution in [1.29, 1.82) is 0 Å². The Labute approximate surface area is 210 Å². The van der Waals surface area contributed by atoms with E-state index in [0.717, 1.165) is 12.1 Å². The van der Waals surface area contributed by atoms with Gasteiger partial charge in [-0.2, -0.15) is 0 Å². The maximum Gasteiger partial charge on any atom is 0.508 e. The summed E-state index contributed by atoms with van der Waals surface area (Å²) in [6.07, 6.45) is -1.35. The third kappa shape index (κ3) is 4.70. The lowest BCUT2D eigenvalue weighted by Gasteiger charge is -2.11. The maximum absolute atomic E-state index is 12.4. The Kier molecular flexibility index (Phi) is 6.74. The zero-order valence-electron chi connectivity index (χ0n) is 19.0. The first-order valence-corrected chi connectivity index (χ1v) is 10.6. The average molecular weight is 522 g/mol. The van der Waals surface area contributed by atoms with E-state index in [0.29, 0.717) is 0 Å². The van der Waals surface area contributed by atoms with Gasteiger partial charge < -0.3 is 9.47 Å². The third-order valence-corrected chi connectivity index (χ3v) is 5.68. The number of carbonyl (C=O) groups excluding carboxylic acids is 1. The molecule has 0 heterocycles.